The Hall–Kier alpha value is 0.100. The molecule has 2 nitrogen and oxygen atoms in total. The summed E-state index contributed by atoms with van der Waals surface area (Å²) in [5.41, 5.74) is 7.14. The highest BCUT2D eigenvalue weighted by atomic mass is 79.9. The number of rotatable bonds is 3. The van der Waals surface area contributed by atoms with Crippen LogP contribution in [0.25, 0.3) is 0 Å². The van der Waals surface area contributed by atoms with E-state index in [0.717, 1.165) is 19.6 Å². The van der Waals surface area contributed by atoms with E-state index in [1.54, 1.807) is 11.3 Å². The van der Waals surface area contributed by atoms with E-state index in [2.05, 4.69) is 39.2 Å². The molecule has 2 N–H and O–H groups in total. The van der Waals surface area contributed by atoms with Crippen molar-refractivity contribution >= 4 is 27.3 Å². The molecule has 2 unspecified atom stereocenters. The van der Waals surface area contributed by atoms with Gasteiger partial charge in [0.1, 0.15) is 0 Å². The van der Waals surface area contributed by atoms with Crippen LogP contribution in [0, 0.1) is 5.92 Å². The van der Waals surface area contributed by atoms with Gasteiger partial charge in [-0.25, -0.2) is 0 Å². The van der Waals surface area contributed by atoms with E-state index in [9.17, 15) is 0 Å². The van der Waals surface area contributed by atoms with E-state index in [-0.39, 0.29) is 0 Å². The highest BCUT2D eigenvalue weighted by Gasteiger charge is 2.27. The normalized spacial score (nSPS) is 27.4. The fraction of sp³-hybridized carbons (Fsp3) is 0.636. The number of nitrogens with zero attached hydrogens (tertiary/aromatic N) is 1. The fourth-order valence-electron chi connectivity index (χ4n) is 2.27. The smallest absolute Gasteiger partial charge is 0.0701 e. The van der Waals surface area contributed by atoms with Gasteiger partial charge in [0.25, 0.3) is 0 Å². The van der Waals surface area contributed by atoms with Gasteiger partial charge < -0.3 is 5.73 Å². The van der Waals surface area contributed by atoms with Gasteiger partial charge in [-0.2, -0.15) is 0 Å². The molecule has 15 heavy (non-hydrogen) atoms. The molecule has 0 radical (unpaired) electrons. The second kappa shape index (κ2) is 4.95. The molecule has 1 aliphatic heterocycles. The molecule has 1 aliphatic rings. The molecule has 2 heterocycles. The lowest BCUT2D eigenvalue weighted by molar-refractivity contribution is 0.256. The zero-order valence-corrected chi connectivity index (χ0v) is 11.4. The molecule has 1 aromatic rings. The minimum atomic E-state index is 0.678. The molecule has 0 amide bonds. The molecule has 0 aromatic carbocycles. The second-order valence-electron chi connectivity index (χ2n) is 4.37. The summed E-state index contributed by atoms with van der Waals surface area (Å²) in [7, 11) is 0. The van der Waals surface area contributed by atoms with Crippen molar-refractivity contribution in [2.45, 2.75) is 25.9 Å². The van der Waals surface area contributed by atoms with Gasteiger partial charge in [0.05, 0.1) is 3.79 Å². The predicted octanol–water partition coefficient (Wildman–Crippen LogP) is 2.68. The Labute approximate surface area is 104 Å². The van der Waals surface area contributed by atoms with Crippen LogP contribution in [0.3, 0.4) is 0 Å². The average Bonchev–Trinajstić information content (AvgIpc) is 2.75. The van der Waals surface area contributed by atoms with Crippen molar-refractivity contribution in [3.05, 3.63) is 20.8 Å². The summed E-state index contributed by atoms with van der Waals surface area (Å²) in [6.45, 7) is 5.36. The first-order chi connectivity index (χ1) is 7.19. The maximum atomic E-state index is 5.72. The maximum Gasteiger partial charge on any atom is 0.0701 e. The Balaban J connectivity index is 1.95. The van der Waals surface area contributed by atoms with Crippen LogP contribution in [-0.4, -0.2) is 24.0 Å². The number of likely N-dealkylation sites (tertiary alicyclic amines) is 1. The third-order valence-electron chi connectivity index (χ3n) is 3.13. The van der Waals surface area contributed by atoms with Crippen LogP contribution in [0.5, 0.6) is 0 Å². The second-order valence-corrected chi connectivity index (χ2v) is 6.67. The molecule has 1 saturated heterocycles. The molecule has 2 rings (SSSR count). The number of thiophene rings is 1. The molecule has 0 saturated carbocycles. The number of hydrogen-bond donors (Lipinski definition) is 1. The lowest BCUT2D eigenvalue weighted by Crippen LogP contribution is -2.27. The van der Waals surface area contributed by atoms with E-state index >= 15 is 0 Å². The molecule has 0 bridgehead atoms. The van der Waals surface area contributed by atoms with E-state index in [1.165, 1.54) is 15.8 Å². The molecule has 1 fully saturated rings. The van der Waals surface area contributed by atoms with Crippen molar-refractivity contribution in [2.24, 2.45) is 11.7 Å². The van der Waals surface area contributed by atoms with Gasteiger partial charge in [-0.05, 0) is 58.7 Å². The third-order valence-corrected chi connectivity index (χ3v) is 4.68. The van der Waals surface area contributed by atoms with E-state index in [1.807, 2.05) is 0 Å². The minimum absolute atomic E-state index is 0.678. The Morgan fingerprint density at radius 3 is 3.00 bits per heavy atom. The monoisotopic (exact) mass is 288 g/mol. The van der Waals surface area contributed by atoms with E-state index < -0.39 is 0 Å². The van der Waals surface area contributed by atoms with E-state index in [0.29, 0.717) is 12.0 Å². The molecule has 0 spiro atoms. The lowest BCUT2D eigenvalue weighted by Gasteiger charge is -2.20. The maximum absolute atomic E-state index is 5.72. The zero-order chi connectivity index (χ0) is 10.8. The quantitative estimate of drug-likeness (QED) is 0.927. The first kappa shape index (κ1) is 11.6. The van der Waals surface area contributed by atoms with Crippen LogP contribution < -0.4 is 5.73 Å². The number of halogens is 1. The van der Waals surface area contributed by atoms with Crippen molar-refractivity contribution in [3.63, 3.8) is 0 Å². The minimum Gasteiger partial charge on any atom is -0.330 e. The molecule has 84 valence electrons. The molecular formula is C11H17BrN2S. The summed E-state index contributed by atoms with van der Waals surface area (Å²) in [5.74, 6) is 0.696. The molecular weight excluding hydrogens is 272 g/mol. The van der Waals surface area contributed by atoms with Crippen LogP contribution in [0.1, 0.15) is 18.9 Å². The van der Waals surface area contributed by atoms with Gasteiger partial charge in [-0.3, -0.25) is 4.90 Å². The van der Waals surface area contributed by atoms with E-state index in [4.69, 9.17) is 5.73 Å². The summed E-state index contributed by atoms with van der Waals surface area (Å²) in [6.07, 6.45) is 1.25. The van der Waals surface area contributed by atoms with Crippen molar-refractivity contribution in [2.75, 3.05) is 13.1 Å². The van der Waals surface area contributed by atoms with Crippen molar-refractivity contribution in [1.29, 1.82) is 0 Å². The van der Waals surface area contributed by atoms with Crippen molar-refractivity contribution in [1.82, 2.24) is 4.90 Å². The zero-order valence-electron chi connectivity index (χ0n) is 8.95. The highest BCUT2D eigenvalue weighted by Crippen LogP contribution is 2.27. The summed E-state index contributed by atoms with van der Waals surface area (Å²) < 4.78 is 1.22. The largest absolute Gasteiger partial charge is 0.330 e. The summed E-state index contributed by atoms with van der Waals surface area (Å²) >= 11 is 5.26. The third kappa shape index (κ3) is 2.81. The van der Waals surface area contributed by atoms with Crippen LogP contribution in [-0.2, 0) is 6.54 Å². The average molecular weight is 289 g/mol. The predicted molar refractivity (Wildman–Crippen MR) is 69.1 cm³/mol. The first-order valence-corrected chi connectivity index (χ1v) is 7.03. The molecule has 0 aliphatic carbocycles. The van der Waals surface area contributed by atoms with Gasteiger partial charge in [-0.1, -0.05) is 0 Å². The Kier molecular flexibility index (Phi) is 3.83. The lowest BCUT2D eigenvalue weighted by atomic mass is 10.1. The Morgan fingerprint density at radius 2 is 2.47 bits per heavy atom. The van der Waals surface area contributed by atoms with Gasteiger partial charge in [0.2, 0.25) is 0 Å². The molecule has 4 heteroatoms. The Morgan fingerprint density at radius 1 is 1.67 bits per heavy atom. The van der Waals surface area contributed by atoms with Gasteiger partial charge in [0.15, 0.2) is 0 Å². The molecule has 2 atom stereocenters. The van der Waals surface area contributed by atoms with Crippen molar-refractivity contribution in [3.8, 4) is 0 Å². The fourth-order valence-corrected chi connectivity index (χ4v) is 3.47. The standard InChI is InChI=1S/C11H17BrN2S/c1-8-2-9(4-13)5-14(8)6-10-3-11(12)15-7-10/h3,7-9H,2,4-6,13H2,1H3. The van der Waals surface area contributed by atoms with Crippen LogP contribution >= 0.6 is 27.3 Å². The summed E-state index contributed by atoms with van der Waals surface area (Å²) in [5, 5.41) is 2.23. The Bertz CT molecular complexity index is 326. The SMILES string of the molecule is CC1CC(CN)CN1Cc1csc(Br)c1. The topological polar surface area (TPSA) is 29.3 Å². The first-order valence-electron chi connectivity index (χ1n) is 5.36. The van der Waals surface area contributed by atoms with Crippen LogP contribution in [0.4, 0.5) is 0 Å². The number of nitrogens with two attached hydrogens (primary N) is 1. The van der Waals surface area contributed by atoms with Gasteiger partial charge >= 0.3 is 0 Å². The van der Waals surface area contributed by atoms with Crippen LogP contribution in [0.15, 0.2) is 15.2 Å². The van der Waals surface area contributed by atoms with Gasteiger partial charge in [-0.15, -0.1) is 11.3 Å². The van der Waals surface area contributed by atoms with Crippen molar-refractivity contribution < 1.29 is 0 Å². The van der Waals surface area contributed by atoms with Gasteiger partial charge in [0, 0.05) is 19.1 Å². The summed E-state index contributed by atoms with van der Waals surface area (Å²) in [4.78, 5) is 2.53. The molecule has 1 aromatic heterocycles. The summed E-state index contributed by atoms with van der Waals surface area (Å²) in [6, 6.07) is 2.89. The highest BCUT2D eigenvalue weighted by molar-refractivity contribution is 9.11. The van der Waals surface area contributed by atoms with Crippen LogP contribution in [0.2, 0.25) is 0 Å². The number of hydrogen-bond acceptors (Lipinski definition) is 3.